The lowest BCUT2D eigenvalue weighted by atomic mass is 10.0. The monoisotopic (exact) mass is 301 g/mol. The maximum absolute atomic E-state index is 12.4. The van der Waals surface area contributed by atoms with E-state index in [-0.39, 0.29) is 17.9 Å². The zero-order valence-corrected chi connectivity index (χ0v) is 12.8. The van der Waals surface area contributed by atoms with Crippen LogP contribution in [0.2, 0.25) is 0 Å². The van der Waals surface area contributed by atoms with Gasteiger partial charge in [0, 0.05) is 44.2 Å². The fourth-order valence-corrected chi connectivity index (χ4v) is 3.50. The van der Waals surface area contributed by atoms with Gasteiger partial charge in [-0.25, -0.2) is 0 Å². The smallest absolute Gasteiger partial charge is 0.227 e. The van der Waals surface area contributed by atoms with Crippen LogP contribution in [0.15, 0.2) is 24.3 Å². The molecular formula is C17H23N3O2. The summed E-state index contributed by atoms with van der Waals surface area (Å²) < 4.78 is 0. The summed E-state index contributed by atoms with van der Waals surface area (Å²) in [7, 11) is 0. The number of amides is 2. The number of carbonyl (C=O) groups is 2. The van der Waals surface area contributed by atoms with E-state index in [2.05, 4.69) is 6.07 Å². The van der Waals surface area contributed by atoms with E-state index in [0.717, 1.165) is 31.5 Å². The molecule has 1 saturated heterocycles. The van der Waals surface area contributed by atoms with Crippen molar-refractivity contribution >= 4 is 17.5 Å². The average molecular weight is 301 g/mol. The first-order valence-corrected chi connectivity index (χ1v) is 8.08. The van der Waals surface area contributed by atoms with Crippen molar-refractivity contribution in [1.82, 2.24) is 4.90 Å². The molecule has 2 aliphatic rings. The highest BCUT2D eigenvalue weighted by molar-refractivity contribution is 5.97. The summed E-state index contributed by atoms with van der Waals surface area (Å²) in [5, 5.41) is 0. The molecule has 0 bridgehead atoms. The van der Waals surface area contributed by atoms with Crippen LogP contribution in [0.4, 0.5) is 5.69 Å². The molecule has 3 rings (SSSR count). The highest BCUT2D eigenvalue weighted by Gasteiger charge is 2.29. The first-order chi connectivity index (χ1) is 10.7. The van der Waals surface area contributed by atoms with Crippen LogP contribution in [0, 0.1) is 0 Å². The summed E-state index contributed by atoms with van der Waals surface area (Å²) >= 11 is 0. The fourth-order valence-electron chi connectivity index (χ4n) is 3.50. The first-order valence-electron chi connectivity index (χ1n) is 8.08. The van der Waals surface area contributed by atoms with Gasteiger partial charge in [0.15, 0.2) is 0 Å². The van der Waals surface area contributed by atoms with E-state index in [1.54, 1.807) is 4.90 Å². The van der Waals surface area contributed by atoms with Crippen molar-refractivity contribution in [2.45, 2.75) is 38.1 Å². The highest BCUT2D eigenvalue weighted by Crippen LogP contribution is 2.27. The number of aryl methyl sites for hydroxylation is 1. The van der Waals surface area contributed by atoms with Gasteiger partial charge in [-0.15, -0.1) is 0 Å². The second-order valence-electron chi connectivity index (χ2n) is 6.04. The Morgan fingerprint density at radius 2 is 2.09 bits per heavy atom. The van der Waals surface area contributed by atoms with Crippen molar-refractivity contribution in [1.29, 1.82) is 0 Å². The van der Waals surface area contributed by atoms with Crippen molar-refractivity contribution in [3.05, 3.63) is 29.8 Å². The predicted molar refractivity (Wildman–Crippen MR) is 85.5 cm³/mol. The lowest BCUT2D eigenvalue weighted by molar-refractivity contribution is -0.131. The number of hydrogen-bond donors (Lipinski definition) is 1. The van der Waals surface area contributed by atoms with Gasteiger partial charge in [0.2, 0.25) is 11.8 Å². The number of para-hydroxylation sites is 1. The molecule has 0 saturated carbocycles. The third kappa shape index (κ3) is 2.86. The van der Waals surface area contributed by atoms with Crippen LogP contribution in [0.25, 0.3) is 0 Å². The molecule has 1 fully saturated rings. The van der Waals surface area contributed by atoms with Gasteiger partial charge in [0.05, 0.1) is 0 Å². The Hall–Kier alpha value is -1.88. The molecular weight excluding hydrogens is 278 g/mol. The highest BCUT2D eigenvalue weighted by atomic mass is 16.2. The van der Waals surface area contributed by atoms with Crippen LogP contribution >= 0.6 is 0 Å². The molecule has 0 radical (unpaired) electrons. The molecule has 1 aromatic rings. The maximum Gasteiger partial charge on any atom is 0.227 e. The van der Waals surface area contributed by atoms with Gasteiger partial charge in [-0.1, -0.05) is 18.2 Å². The summed E-state index contributed by atoms with van der Waals surface area (Å²) in [6.45, 7) is 1.78. The Kier molecular flexibility index (Phi) is 4.43. The number of hydrogen-bond acceptors (Lipinski definition) is 3. The van der Waals surface area contributed by atoms with E-state index >= 15 is 0 Å². The molecule has 1 unspecified atom stereocenters. The van der Waals surface area contributed by atoms with Crippen LogP contribution in [0.1, 0.15) is 31.2 Å². The standard InChI is InChI=1S/C17H23N3O2/c18-12-14-5-3-10-19(14)17(22)9-11-20-15-6-2-1-4-13(15)7-8-16(20)21/h1-2,4,6,14H,3,5,7-12,18H2. The molecule has 22 heavy (non-hydrogen) atoms. The number of anilines is 1. The number of benzene rings is 1. The van der Waals surface area contributed by atoms with Crippen molar-refractivity contribution in [2.75, 3.05) is 24.5 Å². The molecule has 0 aromatic heterocycles. The molecule has 5 nitrogen and oxygen atoms in total. The molecule has 2 N–H and O–H groups in total. The Morgan fingerprint density at radius 1 is 1.27 bits per heavy atom. The molecule has 2 amide bonds. The third-order valence-electron chi connectivity index (χ3n) is 4.71. The Labute approximate surface area is 131 Å². The van der Waals surface area contributed by atoms with Gasteiger partial charge in [-0.2, -0.15) is 0 Å². The minimum Gasteiger partial charge on any atom is -0.338 e. The first kappa shape index (κ1) is 15.0. The number of nitrogens with zero attached hydrogens (tertiary/aromatic N) is 2. The molecule has 2 aliphatic heterocycles. The average Bonchev–Trinajstić information content (AvgIpc) is 3.02. The maximum atomic E-state index is 12.4. The minimum atomic E-state index is 0.114. The van der Waals surface area contributed by atoms with Crippen molar-refractivity contribution in [3.8, 4) is 0 Å². The van der Waals surface area contributed by atoms with Gasteiger partial charge in [-0.05, 0) is 30.9 Å². The van der Waals surface area contributed by atoms with Crippen LogP contribution in [0.3, 0.4) is 0 Å². The SMILES string of the molecule is NCC1CCCN1C(=O)CCN1C(=O)CCc2ccccc21. The Bertz CT molecular complexity index is 573. The normalized spacial score (nSPS) is 21.1. The van der Waals surface area contributed by atoms with E-state index in [1.165, 1.54) is 5.56 Å². The zero-order valence-electron chi connectivity index (χ0n) is 12.8. The van der Waals surface area contributed by atoms with Crippen LogP contribution in [-0.2, 0) is 16.0 Å². The number of fused-ring (bicyclic) bond motifs is 1. The second kappa shape index (κ2) is 6.48. The van der Waals surface area contributed by atoms with E-state index in [1.807, 2.05) is 23.1 Å². The van der Waals surface area contributed by atoms with Crippen LogP contribution in [-0.4, -0.2) is 42.4 Å². The summed E-state index contributed by atoms with van der Waals surface area (Å²) in [5.41, 5.74) is 7.88. The van der Waals surface area contributed by atoms with Gasteiger partial charge in [0.25, 0.3) is 0 Å². The quantitative estimate of drug-likeness (QED) is 0.911. The van der Waals surface area contributed by atoms with E-state index < -0.39 is 0 Å². The number of rotatable bonds is 4. The van der Waals surface area contributed by atoms with Gasteiger partial charge in [-0.3, -0.25) is 9.59 Å². The third-order valence-corrected chi connectivity index (χ3v) is 4.71. The molecule has 1 aromatic carbocycles. The largest absolute Gasteiger partial charge is 0.338 e. The fraction of sp³-hybridized carbons (Fsp3) is 0.529. The number of likely N-dealkylation sites (tertiary alicyclic amines) is 1. The zero-order chi connectivity index (χ0) is 15.5. The second-order valence-corrected chi connectivity index (χ2v) is 6.04. The van der Waals surface area contributed by atoms with Crippen LogP contribution in [0.5, 0.6) is 0 Å². The lowest BCUT2D eigenvalue weighted by Crippen LogP contribution is -2.42. The van der Waals surface area contributed by atoms with Gasteiger partial charge >= 0.3 is 0 Å². The summed E-state index contributed by atoms with van der Waals surface area (Å²) in [5.74, 6) is 0.229. The molecule has 0 aliphatic carbocycles. The molecule has 2 heterocycles. The molecule has 118 valence electrons. The van der Waals surface area contributed by atoms with E-state index in [4.69, 9.17) is 5.73 Å². The summed E-state index contributed by atoms with van der Waals surface area (Å²) in [6.07, 6.45) is 3.71. The van der Waals surface area contributed by atoms with Gasteiger partial charge < -0.3 is 15.5 Å². The van der Waals surface area contributed by atoms with E-state index in [0.29, 0.717) is 25.9 Å². The lowest BCUT2D eigenvalue weighted by Gasteiger charge is -2.30. The van der Waals surface area contributed by atoms with Crippen molar-refractivity contribution in [2.24, 2.45) is 5.73 Å². The molecule has 1 atom stereocenters. The number of nitrogens with two attached hydrogens (primary N) is 1. The minimum absolute atomic E-state index is 0.114. The Balaban J connectivity index is 1.66. The van der Waals surface area contributed by atoms with Crippen molar-refractivity contribution in [3.63, 3.8) is 0 Å². The Morgan fingerprint density at radius 3 is 2.91 bits per heavy atom. The van der Waals surface area contributed by atoms with Crippen molar-refractivity contribution < 1.29 is 9.59 Å². The molecule has 0 spiro atoms. The predicted octanol–water partition coefficient (Wildman–Crippen LogP) is 1.31. The van der Waals surface area contributed by atoms with E-state index in [9.17, 15) is 9.59 Å². The summed E-state index contributed by atoms with van der Waals surface area (Å²) in [4.78, 5) is 28.3. The van der Waals surface area contributed by atoms with Gasteiger partial charge in [0.1, 0.15) is 0 Å². The molecule has 5 heteroatoms. The number of carbonyl (C=O) groups excluding carboxylic acids is 2. The topological polar surface area (TPSA) is 66.6 Å². The van der Waals surface area contributed by atoms with Crippen LogP contribution < -0.4 is 10.6 Å². The summed E-state index contributed by atoms with van der Waals surface area (Å²) in [6, 6.07) is 8.14.